The van der Waals surface area contributed by atoms with Crippen molar-refractivity contribution in [2.24, 2.45) is 0 Å². The number of para-hydroxylation sites is 1. The van der Waals surface area contributed by atoms with Crippen LogP contribution in [0.2, 0.25) is 0 Å². The molecule has 9 heteroatoms. The van der Waals surface area contributed by atoms with Crippen LogP contribution >= 0.6 is 11.8 Å². The molecule has 3 amide bonds. The van der Waals surface area contributed by atoms with E-state index in [1.807, 2.05) is 73.7 Å². The molecular formula is C30H27N5O3S. The Kier molecular flexibility index (Phi) is 8.07. The summed E-state index contributed by atoms with van der Waals surface area (Å²) in [5.74, 6) is -0.976. The van der Waals surface area contributed by atoms with Crippen molar-refractivity contribution in [1.82, 2.24) is 20.1 Å². The number of amides is 3. The quantitative estimate of drug-likeness (QED) is 0.224. The lowest BCUT2D eigenvalue weighted by Crippen LogP contribution is -2.48. The summed E-state index contributed by atoms with van der Waals surface area (Å²) < 4.78 is 0. The number of thioether (sulfide) groups is 1. The van der Waals surface area contributed by atoms with Gasteiger partial charge in [-0.05, 0) is 24.1 Å². The highest BCUT2D eigenvalue weighted by molar-refractivity contribution is 8.00. The first-order valence-electron chi connectivity index (χ1n) is 12.7. The van der Waals surface area contributed by atoms with Gasteiger partial charge in [0.1, 0.15) is 11.7 Å². The van der Waals surface area contributed by atoms with Crippen LogP contribution in [0.25, 0.3) is 11.3 Å². The molecule has 1 aliphatic rings. The van der Waals surface area contributed by atoms with E-state index in [2.05, 4.69) is 15.2 Å². The summed E-state index contributed by atoms with van der Waals surface area (Å²) >= 11 is 1.21. The maximum atomic E-state index is 14.0. The molecule has 4 aromatic rings. The van der Waals surface area contributed by atoms with Gasteiger partial charge in [-0.25, -0.2) is 9.88 Å². The van der Waals surface area contributed by atoms with E-state index in [-0.39, 0.29) is 24.8 Å². The van der Waals surface area contributed by atoms with Crippen molar-refractivity contribution in [3.8, 4) is 11.3 Å². The molecule has 0 N–H and O–H groups in total. The first-order chi connectivity index (χ1) is 19.0. The average molecular weight is 538 g/mol. The van der Waals surface area contributed by atoms with Gasteiger partial charge in [0.15, 0.2) is 0 Å². The zero-order valence-electron chi connectivity index (χ0n) is 21.4. The fourth-order valence-corrected chi connectivity index (χ4v) is 5.37. The lowest BCUT2D eigenvalue weighted by Gasteiger charge is -2.30. The first-order valence-corrected chi connectivity index (χ1v) is 13.6. The zero-order chi connectivity index (χ0) is 27.2. The number of rotatable bonds is 9. The molecule has 1 fully saturated rings. The Morgan fingerprint density at radius 2 is 1.59 bits per heavy atom. The number of carbonyl (C=O) groups is 3. The van der Waals surface area contributed by atoms with Gasteiger partial charge >= 0.3 is 0 Å². The molecule has 39 heavy (non-hydrogen) atoms. The molecule has 3 aromatic carbocycles. The Balaban J connectivity index is 1.39. The zero-order valence-corrected chi connectivity index (χ0v) is 22.2. The van der Waals surface area contributed by atoms with Crippen molar-refractivity contribution in [2.45, 2.75) is 42.8 Å². The summed E-state index contributed by atoms with van der Waals surface area (Å²) in [4.78, 5) is 47.7. The van der Waals surface area contributed by atoms with Gasteiger partial charge in [-0.3, -0.25) is 14.4 Å². The number of aromatic nitrogens is 3. The van der Waals surface area contributed by atoms with Gasteiger partial charge in [0.05, 0.1) is 23.6 Å². The Labute approximate surface area is 231 Å². The van der Waals surface area contributed by atoms with Crippen molar-refractivity contribution < 1.29 is 14.4 Å². The highest BCUT2D eigenvalue weighted by Crippen LogP contribution is 2.30. The first kappa shape index (κ1) is 26.2. The normalized spacial score (nSPS) is 15.8. The number of hydrogen-bond acceptors (Lipinski definition) is 7. The van der Waals surface area contributed by atoms with Gasteiger partial charge in [0.25, 0.3) is 5.91 Å². The van der Waals surface area contributed by atoms with Crippen LogP contribution in [0.3, 0.4) is 0 Å². The molecule has 0 spiro atoms. The number of imide groups is 1. The molecule has 0 bridgehead atoms. The predicted octanol–water partition coefficient (Wildman–Crippen LogP) is 4.77. The monoisotopic (exact) mass is 537 g/mol. The van der Waals surface area contributed by atoms with Crippen LogP contribution in [-0.2, 0) is 20.9 Å². The van der Waals surface area contributed by atoms with E-state index in [1.54, 1.807) is 30.5 Å². The Morgan fingerprint density at radius 3 is 2.21 bits per heavy atom. The van der Waals surface area contributed by atoms with Gasteiger partial charge in [-0.15, -0.1) is 10.2 Å². The van der Waals surface area contributed by atoms with Crippen molar-refractivity contribution in [1.29, 1.82) is 0 Å². The summed E-state index contributed by atoms with van der Waals surface area (Å²) in [7, 11) is 0. The summed E-state index contributed by atoms with van der Waals surface area (Å²) in [5.41, 5.74) is 2.91. The van der Waals surface area contributed by atoms with Crippen molar-refractivity contribution >= 4 is 35.2 Å². The molecule has 196 valence electrons. The summed E-state index contributed by atoms with van der Waals surface area (Å²) in [6.07, 6.45) is 2.05. The largest absolute Gasteiger partial charge is 0.325 e. The minimum atomic E-state index is -0.903. The molecule has 1 saturated heterocycles. The van der Waals surface area contributed by atoms with Crippen LogP contribution in [0.15, 0.2) is 102 Å². The molecule has 8 nitrogen and oxygen atoms in total. The molecule has 2 heterocycles. The molecule has 2 unspecified atom stereocenters. The topological polar surface area (TPSA) is 96.4 Å². The molecule has 1 aromatic heterocycles. The highest BCUT2D eigenvalue weighted by Gasteiger charge is 2.45. The maximum Gasteiger partial charge on any atom is 0.257 e. The fourth-order valence-electron chi connectivity index (χ4n) is 4.51. The second kappa shape index (κ2) is 12.0. The van der Waals surface area contributed by atoms with Crippen LogP contribution in [0.5, 0.6) is 0 Å². The Bertz CT molecular complexity index is 1440. The molecular weight excluding hydrogens is 510 g/mol. The summed E-state index contributed by atoms with van der Waals surface area (Å²) in [6, 6.07) is 27.0. The Hall–Kier alpha value is -4.37. The van der Waals surface area contributed by atoms with Crippen molar-refractivity contribution in [3.63, 3.8) is 0 Å². The summed E-state index contributed by atoms with van der Waals surface area (Å²) in [6.45, 7) is 2.11. The van der Waals surface area contributed by atoms with Gasteiger partial charge in [-0.2, -0.15) is 0 Å². The van der Waals surface area contributed by atoms with Crippen LogP contribution in [0.1, 0.15) is 25.3 Å². The SMILES string of the molecule is CCC(Sc1ncc(-c2ccccc2)nn1)C(=O)N(Cc1ccccc1)C1CC(=O)N(c2ccccc2)C1=O. The Morgan fingerprint density at radius 1 is 0.949 bits per heavy atom. The van der Waals surface area contributed by atoms with E-state index in [4.69, 9.17) is 0 Å². The number of carbonyl (C=O) groups excluding carboxylic acids is 3. The third kappa shape index (κ3) is 5.88. The van der Waals surface area contributed by atoms with Crippen molar-refractivity contribution in [3.05, 3.63) is 103 Å². The third-order valence-electron chi connectivity index (χ3n) is 6.50. The van der Waals surface area contributed by atoms with Gasteiger partial charge in [0.2, 0.25) is 17.0 Å². The van der Waals surface area contributed by atoms with E-state index in [9.17, 15) is 14.4 Å². The van der Waals surface area contributed by atoms with Crippen LogP contribution < -0.4 is 4.90 Å². The number of hydrogen-bond donors (Lipinski definition) is 0. The number of nitrogens with zero attached hydrogens (tertiary/aromatic N) is 5. The minimum absolute atomic E-state index is 0.0722. The van der Waals surface area contributed by atoms with Crippen LogP contribution in [-0.4, -0.2) is 49.1 Å². The molecule has 5 rings (SSSR count). The highest BCUT2D eigenvalue weighted by atomic mass is 32.2. The lowest BCUT2D eigenvalue weighted by molar-refractivity contribution is -0.138. The van der Waals surface area contributed by atoms with E-state index >= 15 is 0 Å². The predicted molar refractivity (Wildman–Crippen MR) is 150 cm³/mol. The third-order valence-corrected chi connectivity index (χ3v) is 7.71. The van der Waals surface area contributed by atoms with Gasteiger partial charge in [-0.1, -0.05) is 97.5 Å². The van der Waals surface area contributed by atoms with Crippen LogP contribution in [0, 0.1) is 0 Å². The average Bonchev–Trinajstić information content (AvgIpc) is 3.29. The fraction of sp³-hybridized carbons (Fsp3) is 0.200. The van der Waals surface area contributed by atoms with Crippen molar-refractivity contribution in [2.75, 3.05) is 4.90 Å². The van der Waals surface area contributed by atoms with E-state index in [0.717, 1.165) is 11.1 Å². The molecule has 0 saturated carbocycles. The second-order valence-corrected chi connectivity index (χ2v) is 10.3. The van der Waals surface area contributed by atoms with Crippen LogP contribution in [0.4, 0.5) is 5.69 Å². The van der Waals surface area contributed by atoms with E-state index < -0.39 is 17.2 Å². The lowest BCUT2D eigenvalue weighted by atomic mass is 10.1. The van der Waals surface area contributed by atoms with E-state index in [1.165, 1.54) is 21.6 Å². The van der Waals surface area contributed by atoms with Gasteiger partial charge < -0.3 is 4.90 Å². The number of anilines is 1. The molecule has 2 atom stereocenters. The minimum Gasteiger partial charge on any atom is -0.325 e. The van der Waals surface area contributed by atoms with E-state index in [0.29, 0.717) is 23.0 Å². The standard InChI is InChI=1S/C30H27N5O3S/c1-2-26(39-30-31-19-24(32-33-30)22-14-8-4-9-15-22)29(38)34(20-21-12-6-3-7-13-21)25-18-27(36)35(28(25)37)23-16-10-5-11-17-23/h3-17,19,25-26H,2,18,20H2,1H3. The smallest absolute Gasteiger partial charge is 0.257 e. The van der Waals surface area contributed by atoms with Gasteiger partial charge in [0, 0.05) is 12.1 Å². The molecule has 0 aliphatic carbocycles. The molecule has 1 aliphatic heterocycles. The second-order valence-electron chi connectivity index (χ2n) is 9.08. The summed E-state index contributed by atoms with van der Waals surface area (Å²) in [5, 5.41) is 8.34. The maximum absolute atomic E-state index is 14.0. The molecule has 0 radical (unpaired) electrons. The number of benzene rings is 3.